The Labute approximate surface area is 143 Å². The molecule has 0 bridgehead atoms. The van der Waals surface area contributed by atoms with Gasteiger partial charge in [-0.05, 0) is 19.1 Å². The van der Waals surface area contributed by atoms with Crippen molar-refractivity contribution < 1.29 is 13.9 Å². The van der Waals surface area contributed by atoms with Crippen LogP contribution in [0.4, 0.5) is 5.82 Å². The second-order valence-electron chi connectivity index (χ2n) is 5.24. The number of pyridine rings is 2. The van der Waals surface area contributed by atoms with Crippen LogP contribution in [0.2, 0.25) is 0 Å². The predicted octanol–water partition coefficient (Wildman–Crippen LogP) is 2.95. The molecule has 7 nitrogen and oxygen atoms in total. The summed E-state index contributed by atoms with van der Waals surface area (Å²) in [5.74, 6) is 0.0827. The second kappa shape index (κ2) is 6.45. The van der Waals surface area contributed by atoms with E-state index in [1.807, 2.05) is 6.07 Å². The van der Waals surface area contributed by atoms with E-state index in [-0.39, 0.29) is 17.1 Å². The van der Waals surface area contributed by atoms with Crippen LogP contribution in [0.25, 0.3) is 22.4 Å². The van der Waals surface area contributed by atoms with Crippen LogP contribution >= 0.6 is 0 Å². The molecule has 0 spiro atoms. The summed E-state index contributed by atoms with van der Waals surface area (Å²) < 4.78 is 10.1. The molecule has 124 valence electrons. The highest BCUT2D eigenvalue weighted by Gasteiger charge is 2.19. The lowest BCUT2D eigenvalue weighted by atomic mass is 10.00. The standard InChI is InChI=1S/C18H14N4O3/c1-10-12(7-16(25-10)18(23)24-2)15-6-13(11-4-3-5-21-9-11)14(8-19)17(20)22-15/h3-7,9H,1-2H3,(H2,20,22). The van der Waals surface area contributed by atoms with Crippen LogP contribution in [0.1, 0.15) is 21.9 Å². The van der Waals surface area contributed by atoms with Crippen molar-refractivity contribution in [3.05, 3.63) is 53.7 Å². The topological polar surface area (TPSA) is 115 Å². The van der Waals surface area contributed by atoms with Crippen molar-refractivity contribution in [2.45, 2.75) is 6.92 Å². The van der Waals surface area contributed by atoms with Gasteiger partial charge in [-0.25, -0.2) is 9.78 Å². The van der Waals surface area contributed by atoms with Gasteiger partial charge in [-0.15, -0.1) is 0 Å². The first-order chi connectivity index (χ1) is 12.0. The molecular weight excluding hydrogens is 320 g/mol. The van der Waals surface area contributed by atoms with Crippen molar-refractivity contribution in [2.24, 2.45) is 0 Å². The Bertz CT molecular complexity index is 988. The molecule has 2 N–H and O–H groups in total. The number of nitrogens with two attached hydrogens (primary N) is 1. The number of aromatic nitrogens is 2. The van der Waals surface area contributed by atoms with Gasteiger partial charge in [-0.2, -0.15) is 5.26 Å². The van der Waals surface area contributed by atoms with Gasteiger partial charge in [0.2, 0.25) is 5.76 Å². The molecule has 3 rings (SSSR count). The zero-order valence-corrected chi connectivity index (χ0v) is 13.6. The van der Waals surface area contributed by atoms with Gasteiger partial charge in [-0.1, -0.05) is 6.07 Å². The van der Waals surface area contributed by atoms with E-state index in [2.05, 4.69) is 20.8 Å². The minimum absolute atomic E-state index is 0.0719. The van der Waals surface area contributed by atoms with Gasteiger partial charge in [0.05, 0.1) is 12.8 Å². The Morgan fingerprint density at radius 3 is 2.80 bits per heavy atom. The van der Waals surface area contributed by atoms with E-state index >= 15 is 0 Å². The Balaban J connectivity index is 2.20. The van der Waals surface area contributed by atoms with Crippen LogP contribution in [-0.2, 0) is 4.74 Å². The average molecular weight is 334 g/mol. The molecule has 0 saturated heterocycles. The first-order valence-corrected chi connectivity index (χ1v) is 7.35. The number of ether oxygens (including phenoxy) is 1. The van der Waals surface area contributed by atoms with Crippen LogP contribution in [0.3, 0.4) is 0 Å². The predicted molar refractivity (Wildman–Crippen MR) is 90.4 cm³/mol. The molecular formula is C18H14N4O3. The van der Waals surface area contributed by atoms with Crippen LogP contribution in [0.15, 0.2) is 41.1 Å². The molecule has 0 saturated carbocycles. The zero-order valence-electron chi connectivity index (χ0n) is 13.6. The number of hydrogen-bond donors (Lipinski definition) is 1. The Morgan fingerprint density at radius 1 is 1.36 bits per heavy atom. The third-order valence-corrected chi connectivity index (χ3v) is 3.71. The number of furan rings is 1. The molecule has 0 aliphatic rings. The number of carbonyl (C=O) groups is 1. The zero-order chi connectivity index (χ0) is 18.0. The highest BCUT2D eigenvalue weighted by molar-refractivity contribution is 5.89. The van der Waals surface area contributed by atoms with E-state index < -0.39 is 5.97 Å². The third kappa shape index (κ3) is 2.93. The smallest absolute Gasteiger partial charge is 0.373 e. The van der Waals surface area contributed by atoms with E-state index in [1.165, 1.54) is 7.11 Å². The number of esters is 1. The highest BCUT2D eigenvalue weighted by atomic mass is 16.5. The number of anilines is 1. The van der Waals surface area contributed by atoms with Gasteiger partial charge in [0.1, 0.15) is 23.2 Å². The van der Waals surface area contributed by atoms with Crippen molar-refractivity contribution in [3.63, 3.8) is 0 Å². The van der Waals surface area contributed by atoms with Gasteiger partial charge in [0.15, 0.2) is 0 Å². The molecule has 0 aliphatic carbocycles. The minimum Gasteiger partial charge on any atom is -0.463 e. The van der Waals surface area contributed by atoms with E-state index in [0.717, 1.165) is 5.56 Å². The normalized spacial score (nSPS) is 10.3. The molecule has 0 fully saturated rings. The summed E-state index contributed by atoms with van der Waals surface area (Å²) in [7, 11) is 1.28. The molecule has 0 aromatic carbocycles. The van der Waals surface area contributed by atoms with E-state index in [9.17, 15) is 10.1 Å². The molecule has 3 heterocycles. The van der Waals surface area contributed by atoms with E-state index in [4.69, 9.17) is 10.2 Å². The summed E-state index contributed by atoms with van der Waals surface area (Å²) in [6.45, 7) is 1.71. The highest BCUT2D eigenvalue weighted by Crippen LogP contribution is 2.33. The molecule has 25 heavy (non-hydrogen) atoms. The molecule has 3 aromatic heterocycles. The SMILES string of the molecule is COC(=O)c1cc(-c2cc(-c3cccnc3)c(C#N)c(N)n2)c(C)o1. The molecule has 0 radical (unpaired) electrons. The maximum absolute atomic E-state index is 11.7. The van der Waals surface area contributed by atoms with Crippen LogP contribution in [-0.4, -0.2) is 23.0 Å². The number of hydrogen-bond acceptors (Lipinski definition) is 7. The summed E-state index contributed by atoms with van der Waals surface area (Å²) in [5, 5.41) is 9.42. The number of nitriles is 1. The first-order valence-electron chi connectivity index (χ1n) is 7.35. The molecule has 0 aliphatic heterocycles. The quantitative estimate of drug-likeness (QED) is 0.732. The lowest BCUT2D eigenvalue weighted by Crippen LogP contribution is -2.00. The van der Waals surface area contributed by atoms with Gasteiger partial charge < -0.3 is 14.9 Å². The number of carbonyl (C=O) groups excluding carboxylic acids is 1. The number of nitrogens with zero attached hydrogens (tertiary/aromatic N) is 3. The maximum Gasteiger partial charge on any atom is 0.373 e. The summed E-state index contributed by atoms with van der Waals surface area (Å²) in [6.07, 6.45) is 3.28. The third-order valence-electron chi connectivity index (χ3n) is 3.71. The van der Waals surface area contributed by atoms with Crippen LogP contribution in [0.5, 0.6) is 0 Å². The van der Waals surface area contributed by atoms with Crippen molar-refractivity contribution in [3.8, 4) is 28.5 Å². The Kier molecular flexibility index (Phi) is 4.18. The minimum atomic E-state index is -0.580. The Morgan fingerprint density at radius 2 is 2.16 bits per heavy atom. The van der Waals surface area contributed by atoms with Crippen LogP contribution in [0, 0.1) is 18.3 Å². The summed E-state index contributed by atoms with van der Waals surface area (Å²) in [4.78, 5) is 20.0. The van der Waals surface area contributed by atoms with Crippen molar-refractivity contribution in [2.75, 3.05) is 12.8 Å². The van der Waals surface area contributed by atoms with Crippen molar-refractivity contribution >= 4 is 11.8 Å². The number of rotatable bonds is 3. The van der Waals surface area contributed by atoms with Crippen LogP contribution < -0.4 is 5.73 Å². The summed E-state index contributed by atoms with van der Waals surface area (Å²) in [5.41, 5.74) is 8.68. The van der Waals surface area contributed by atoms with E-state index in [0.29, 0.717) is 22.6 Å². The first kappa shape index (κ1) is 16.2. The summed E-state index contributed by atoms with van der Waals surface area (Å²) in [6, 6.07) is 8.94. The lowest BCUT2D eigenvalue weighted by Gasteiger charge is -2.09. The molecule has 0 atom stereocenters. The number of nitrogen functional groups attached to an aromatic ring is 1. The van der Waals surface area contributed by atoms with Crippen molar-refractivity contribution in [1.82, 2.24) is 9.97 Å². The molecule has 7 heteroatoms. The van der Waals surface area contributed by atoms with E-state index in [1.54, 1.807) is 37.5 Å². The average Bonchev–Trinajstić information content (AvgIpc) is 3.03. The maximum atomic E-state index is 11.7. The van der Waals surface area contributed by atoms with Crippen molar-refractivity contribution in [1.29, 1.82) is 5.26 Å². The number of methoxy groups -OCH3 is 1. The molecule has 0 amide bonds. The van der Waals surface area contributed by atoms with Gasteiger partial charge in [-0.3, -0.25) is 4.98 Å². The fraction of sp³-hybridized carbons (Fsp3) is 0.111. The number of aryl methyl sites for hydroxylation is 1. The fourth-order valence-electron chi connectivity index (χ4n) is 2.51. The van der Waals surface area contributed by atoms with Gasteiger partial charge in [0.25, 0.3) is 0 Å². The largest absolute Gasteiger partial charge is 0.463 e. The second-order valence-corrected chi connectivity index (χ2v) is 5.24. The Hall–Kier alpha value is -3.66. The van der Waals surface area contributed by atoms with Gasteiger partial charge >= 0.3 is 5.97 Å². The monoisotopic (exact) mass is 334 g/mol. The molecule has 3 aromatic rings. The summed E-state index contributed by atoms with van der Waals surface area (Å²) >= 11 is 0. The molecule has 0 unspecified atom stereocenters. The fourth-order valence-corrected chi connectivity index (χ4v) is 2.51. The lowest BCUT2D eigenvalue weighted by molar-refractivity contribution is 0.0563. The van der Waals surface area contributed by atoms with Gasteiger partial charge in [0, 0.05) is 35.2 Å².